The van der Waals surface area contributed by atoms with Crippen LogP contribution in [0.15, 0.2) is 24.8 Å². The Hall–Kier alpha value is -1.95. The van der Waals surface area contributed by atoms with Gasteiger partial charge in [0.05, 0.1) is 37.1 Å². The smallest absolute Gasteiger partial charge is 0.171 e. The summed E-state index contributed by atoms with van der Waals surface area (Å²) in [6.45, 7) is 3.26. The van der Waals surface area contributed by atoms with Crippen LogP contribution in [0, 0.1) is 0 Å². The van der Waals surface area contributed by atoms with Crippen LogP contribution in [0.5, 0.6) is 5.75 Å². The summed E-state index contributed by atoms with van der Waals surface area (Å²) in [6.07, 6.45) is 6.86. The zero-order valence-electron chi connectivity index (χ0n) is 9.92. The van der Waals surface area contributed by atoms with Crippen LogP contribution in [0.4, 0.5) is 0 Å². The topological polar surface area (TPSA) is 64.9 Å². The van der Waals surface area contributed by atoms with Crippen LogP contribution >= 0.6 is 0 Å². The van der Waals surface area contributed by atoms with Gasteiger partial charge in [-0.1, -0.05) is 0 Å². The Balaban J connectivity index is 2.15. The zero-order valence-corrected chi connectivity index (χ0v) is 9.92. The molecule has 0 atom stereocenters. The normalized spacial score (nSPS) is 10.5. The van der Waals surface area contributed by atoms with Gasteiger partial charge in [0.2, 0.25) is 0 Å². The Morgan fingerprint density at radius 3 is 2.82 bits per heavy atom. The van der Waals surface area contributed by atoms with E-state index in [1.54, 1.807) is 29.5 Å². The van der Waals surface area contributed by atoms with Gasteiger partial charge in [0, 0.05) is 6.54 Å². The molecule has 6 heteroatoms. The molecule has 0 aliphatic heterocycles. The van der Waals surface area contributed by atoms with Gasteiger partial charge >= 0.3 is 0 Å². The average molecular weight is 233 g/mol. The molecule has 2 rings (SSSR count). The lowest BCUT2D eigenvalue weighted by atomic mass is 10.4. The standard InChI is InChI=1S/C11H15N5O/c1-3-17-10-6-15-16(8-10)11-7-13-9(4-12-2)5-14-11/h5-8,12H,3-4H2,1-2H3. The highest BCUT2D eigenvalue weighted by Crippen LogP contribution is 2.11. The fourth-order valence-electron chi connectivity index (χ4n) is 1.41. The Bertz CT molecular complexity index is 465. The van der Waals surface area contributed by atoms with Gasteiger partial charge in [-0.3, -0.25) is 4.98 Å². The highest BCUT2D eigenvalue weighted by atomic mass is 16.5. The van der Waals surface area contributed by atoms with E-state index in [0.29, 0.717) is 19.0 Å². The van der Waals surface area contributed by atoms with Gasteiger partial charge in [-0.25, -0.2) is 9.67 Å². The number of rotatable bonds is 5. The van der Waals surface area contributed by atoms with Gasteiger partial charge < -0.3 is 10.1 Å². The number of aromatic nitrogens is 4. The minimum Gasteiger partial charge on any atom is -0.491 e. The van der Waals surface area contributed by atoms with Crippen molar-refractivity contribution in [3.63, 3.8) is 0 Å². The van der Waals surface area contributed by atoms with Crippen LogP contribution in [-0.2, 0) is 6.54 Å². The molecule has 2 heterocycles. The molecule has 0 fully saturated rings. The van der Waals surface area contributed by atoms with Crippen LogP contribution < -0.4 is 10.1 Å². The van der Waals surface area contributed by atoms with Gasteiger partial charge in [-0.2, -0.15) is 5.10 Å². The maximum atomic E-state index is 5.33. The van der Waals surface area contributed by atoms with Crippen molar-refractivity contribution >= 4 is 0 Å². The molecular weight excluding hydrogens is 218 g/mol. The molecule has 0 radical (unpaired) electrons. The van der Waals surface area contributed by atoms with E-state index in [9.17, 15) is 0 Å². The summed E-state index contributed by atoms with van der Waals surface area (Å²) in [4.78, 5) is 8.56. The first-order valence-corrected chi connectivity index (χ1v) is 5.47. The summed E-state index contributed by atoms with van der Waals surface area (Å²) in [6, 6.07) is 0. The van der Waals surface area contributed by atoms with E-state index in [2.05, 4.69) is 20.4 Å². The Morgan fingerprint density at radius 2 is 2.18 bits per heavy atom. The highest BCUT2D eigenvalue weighted by Gasteiger charge is 2.03. The molecule has 0 saturated carbocycles. The SMILES string of the molecule is CCOc1cnn(-c2cnc(CNC)cn2)c1. The fourth-order valence-corrected chi connectivity index (χ4v) is 1.41. The van der Waals surface area contributed by atoms with Crippen LogP contribution in [0.2, 0.25) is 0 Å². The van der Waals surface area contributed by atoms with Crippen molar-refractivity contribution in [2.45, 2.75) is 13.5 Å². The molecule has 17 heavy (non-hydrogen) atoms. The summed E-state index contributed by atoms with van der Waals surface area (Å²) in [7, 11) is 1.87. The second kappa shape index (κ2) is 5.40. The number of nitrogens with zero attached hydrogens (tertiary/aromatic N) is 4. The van der Waals surface area contributed by atoms with Crippen molar-refractivity contribution < 1.29 is 4.74 Å². The first-order chi connectivity index (χ1) is 8.33. The van der Waals surface area contributed by atoms with Gasteiger partial charge in [-0.15, -0.1) is 0 Å². The second-order valence-electron chi connectivity index (χ2n) is 3.45. The maximum Gasteiger partial charge on any atom is 0.171 e. The number of nitrogens with one attached hydrogen (secondary N) is 1. The van der Waals surface area contributed by atoms with Crippen molar-refractivity contribution in [3.05, 3.63) is 30.5 Å². The average Bonchev–Trinajstić information content (AvgIpc) is 2.80. The van der Waals surface area contributed by atoms with Crippen LogP contribution in [0.3, 0.4) is 0 Å². The van der Waals surface area contributed by atoms with E-state index in [4.69, 9.17) is 4.74 Å². The van der Waals surface area contributed by atoms with E-state index >= 15 is 0 Å². The van der Waals surface area contributed by atoms with Crippen LogP contribution in [0.25, 0.3) is 5.82 Å². The molecule has 1 N–H and O–H groups in total. The van der Waals surface area contributed by atoms with E-state index in [1.165, 1.54) is 0 Å². The molecular formula is C11H15N5O. The lowest BCUT2D eigenvalue weighted by Crippen LogP contribution is -2.08. The Kier molecular flexibility index (Phi) is 3.66. The van der Waals surface area contributed by atoms with E-state index < -0.39 is 0 Å². The summed E-state index contributed by atoms with van der Waals surface area (Å²) >= 11 is 0. The molecule has 0 spiro atoms. The quantitative estimate of drug-likeness (QED) is 0.826. The van der Waals surface area contributed by atoms with Crippen molar-refractivity contribution in [1.29, 1.82) is 0 Å². The van der Waals surface area contributed by atoms with Crippen molar-refractivity contribution in [1.82, 2.24) is 25.1 Å². The highest BCUT2D eigenvalue weighted by molar-refractivity contribution is 5.22. The molecule has 0 aliphatic rings. The summed E-state index contributed by atoms with van der Waals surface area (Å²) in [5.41, 5.74) is 0.897. The molecule has 0 saturated heterocycles. The zero-order chi connectivity index (χ0) is 12.1. The first kappa shape index (κ1) is 11.5. The van der Waals surface area contributed by atoms with Gasteiger partial charge in [0.1, 0.15) is 0 Å². The molecule has 90 valence electrons. The lowest BCUT2D eigenvalue weighted by Gasteiger charge is -2.01. The van der Waals surface area contributed by atoms with Crippen LogP contribution in [-0.4, -0.2) is 33.4 Å². The molecule has 0 unspecified atom stereocenters. The van der Waals surface area contributed by atoms with E-state index in [-0.39, 0.29) is 0 Å². The molecule has 0 bridgehead atoms. The summed E-state index contributed by atoms with van der Waals surface area (Å²) in [5, 5.41) is 7.17. The molecule has 0 aromatic carbocycles. The second-order valence-corrected chi connectivity index (χ2v) is 3.45. The predicted molar refractivity (Wildman–Crippen MR) is 63.1 cm³/mol. The molecule has 6 nitrogen and oxygen atoms in total. The Morgan fingerprint density at radius 1 is 1.29 bits per heavy atom. The first-order valence-electron chi connectivity index (χ1n) is 5.47. The Labute approximate surface area is 99.7 Å². The monoisotopic (exact) mass is 233 g/mol. The van der Waals surface area contributed by atoms with E-state index in [1.807, 2.05) is 14.0 Å². The molecule has 0 aliphatic carbocycles. The largest absolute Gasteiger partial charge is 0.491 e. The van der Waals surface area contributed by atoms with Crippen molar-refractivity contribution in [3.8, 4) is 11.6 Å². The number of hydrogen-bond acceptors (Lipinski definition) is 5. The third kappa shape index (κ3) is 2.79. The van der Waals surface area contributed by atoms with E-state index in [0.717, 1.165) is 11.4 Å². The minimum absolute atomic E-state index is 0.623. The minimum atomic E-state index is 0.623. The lowest BCUT2D eigenvalue weighted by molar-refractivity contribution is 0.340. The van der Waals surface area contributed by atoms with Crippen molar-refractivity contribution in [2.24, 2.45) is 0 Å². The van der Waals surface area contributed by atoms with Crippen molar-refractivity contribution in [2.75, 3.05) is 13.7 Å². The van der Waals surface area contributed by atoms with Crippen LogP contribution in [0.1, 0.15) is 12.6 Å². The van der Waals surface area contributed by atoms with Gasteiger partial charge in [-0.05, 0) is 14.0 Å². The van der Waals surface area contributed by atoms with Gasteiger partial charge in [0.25, 0.3) is 0 Å². The summed E-state index contributed by atoms with van der Waals surface area (Å²) in [5.74, 6) is 1.41. The third-order valence-corrected chi connectivity index (χ3v) is 2.15. The number of hydrogen-bond donors (Lipinski definition) is 1. The maximum absolute atomic E-state index is 5.33. The number of ether oxygens (including phenoxy) is 1. The summed E-state index contributed by atoms with van der Waals surface area (Å²) < 4.78 is 6.97. The predicted octanol–water partition coefficient (Wildman–Crippen LogP) is 0.780. The fraction of sp³-hybridized carbons (Fsp3) is 0.364. The molecule has 2 aromatic rings. The van der Waals surface area contributed by atoms with Gasteiger partial charge in [0.15, 0.2) is 11.6 Å². The third-order valence-electron chi connectivity index (χ3n) is 2.15. The molecule has 2 aromatic heterocycles. The molecule has 0 amide bonds.